The van der Waals surface area contributed by atoms with Gasteiger partial charge < -0.3 is 60.5 Å². The van der Waals surface area contributed by atoms with Gasteiger partial charge in [-0.25, -0.2) is 9.13 Å². The summed E-state index contributed by atoms with van der Waals surface area (Å²) in [4.78, 5) is 51.5. The van der Waals surface area contributed by atoms with Gasteiger partial charge in [-0.1, -0.05) is 0 Å². The van der Waals surface area contributed by atoms with Crippen LogP contribution in [0.1, 0.15) is 0 Å². The van der Waals surface area contributed by atoms with E-state index in [-0.39, 0.29) is 59.8 Å². The second kappa shape index (κ2) is 16.7. The second-order valence-corrected chi connectivity index (χ2v) is 5.72. The molecule has 0 aromatic rings. The van der Waals surface area contributed by atoms with E-state index in [0.29, 0.717) is 0 Å². The predicted molar refractivity (Wildman–Crippen MR) is 71.0 cm³/mol. The molecule has 0 heterocycles. The minimum atomic E-state index is -4.71. The maximum atomic E-state index is 9.91. The number of carbonyl (C=O) groups excluding carboxylic acids is 2. The summed E-state index contributed by atoms with van der Waals surface area (Å²) in [6.07, 6.45) is -4.05. The first-order valence-corrected chi connectivity index (χ1v) is 7.89. The fourth-order valence-corrected chi connectivity index (χ4v) is 1.14. The average Bonchev–Trinajstić information content (AvgIpc) is 2.31. The first-order valence-electron chi connectivity index (χ1n) is 4.83. The maximum absolute atomic E-state index is 9.91. The third-order valence-electron chi connectivity index (χ3n) is 1.35. The maximum Gasteiger partial charge on any atom is 2.00 e. The van der Waals surface area contributed by atoms with E-state index in [1.165, 1.54) is 0 Å². The largest absolute Gasteiger partial charge is 2.00 e. The van der Waals surface area contributed by atoms with Gasteiger partial charge in [0, 0.05) is 0 Å². The molecular formula is C6H16BaO16P2. The Bertz CT molecular complexity index is 414. The molecular weight excluding hydrogens is 527 g/mol. The molecule has 0 aliphatic heterocycles. The van der Waals surface area contributed by atoms with Gasteiger partial charge in [0.15, 0.2) is 0 Å². The van der Waals surface area contributed by atoms with Gasteiger partial charge in [-0.15, -0.1) is 0 Å². The molecule has 0 saturated carbocycles. The average molecular weight is 543 g/mol. The Labute approximate surface area is 179 Å². The number of phosphoric acid groups is 2. The summed E-state index contributed by atoms with van der Waals surface area (Å²) < 4.78 is 27.1. The molecule has 0 unspecified atom stereocenters. The molecule has 0 radical (unpaired) electrons. The van der Waals surface area contributed by atoms with Crippen molar-refractivity contribution in [1.82, 2.24) is 0 Å². The normalized spacial score (nSPS) is 12.7. The zero-order valence-corrected chi connectivity index (χ0v) is 18.3. The summed E-state index contributed by atoms with van der Waals surface area (Å²) in [6, 6.07) is 0. The van der Waals surface area contributed by atoms with Gasteiger partial charge >= 0.3 is 64.5 Å². The summed E-state index contributed by atoms with van der Waals surface area (Å²) in [5.74, 6) is -3.70. The SMILES string of the molecule is O.O.O=C([O-])[C@H](O)COP(=O)(O)O.O=C([O-])[C@H](O)COP(=O)(O)O.[Ba+2]. The number of aliphatic hydroxyl groups is 2. The number of hydrogen-bond donors (Lipinski definition) is 6. The molecule has 16 nitrogen and oxygen atoms in total. The van der Waals surface area contributed by atoms with Crippen molar-refractivity contribution in [2.24, 2.45) is 0 Å². The molecule has 148 valence electrons. The van der Waals surface area contributed by atoms with Crippen molar-refractivity contribution in [3.63, 3.8) is 0 Å². The Hall–Kier alpha value is 0.571. The molecule has 19 heteroatoms. The van der Waals surface area contributed by atoms with Crippen molar-refractivity contribution in [2.75, 3.05) is 13.2 Å². The number of hydrogen-bond acceptors (Lipinski definition) is 10. The zero-order valence-electron chi connectivity index (χ0n) is 12.1. The molecule has 0 bridgehead atoms. The van der Waals surface area contributed by atoms with Gasteiger partial charge in [-0.2, -0.15) is 0 Å². The third-order valence-corrected chi connectivity index (χ3v) is 2.32. The fraction of sp³-hybridized carbons (Fsp3) is 0.667. The molecule has 2 atom stereocenters. The van der Waals surface area contributed by atoms with Crippen LogP contribution in [0.4, 0.5) is 0 Å². The van der Waals surface area contributed by atoms with Crippen molar-refractivity contribution in [3.05, 3.63) is 0 Å². The molecule has 0 rings (SSSR count). The van der Waals surface area contributed by atoms with Crippen LogP contribution in [0.5, 0.6) is 0 Å². The molecule has 0 aliphatic carbocycles. The number of carboxylic acids is 2. The summed E-state index contributed by atoms with van der Waals surface area (Å²) in [5.41, 5.74) is 0. The minimum Gasteiger partial charge on any atom is -0.547 e. The van der Waals surface area contributed by atoms with Crippen molar-refractivity contribution in [1.29, 1.82) is 0 Å². The quantitative estimate of drug-likeness (QED) is 0.122. The van der Waals surface area contributed by atoms with Crippen LogP contribution in [0.3, 0.4) is 0 Å². The van der Waals surface area contributed by atoms with Crippen LogP contribution < -0.4 is 10.2 Å². The van der Waals surface area contributed by atoms with Gasteiger partial charge in [0.2, 0.25) is 0 Å². The van der Waals surface area contributed by atoms with Crippen LogP contribution in [0.2, 0.25) is 0 Å². The van der Waals surface area contributed by atoms with Gasteiger partial charge in [-0.05, 0) is 0 Å². The van der Waals surface area contributed by atoms with E-state index in [4.69, 9.17) is 29.8 Å². The molecule has 0 saturated heterocycles. The number of rotatable bonds is 8. The second-order valence-electron chi connectivity index (χ2n) is 3.24. The zero-order chi connectivity index (χ0) is 18.1. The molecule has 0 fully saturated rings. The van der Waals surface area contributed by atoms with Gasteiger partial charge in [0.1, 0.15) is 12.2 Å². The van der Waals surface area contributed by atoms with Crippen LogP contribution in [-0.2, 0) is 27.8 Å². The Balaban J connectivity index is -0.0000000952. The van der Waals surface area contributed by atoms with Gasteiger partial charge in [-0.3, -0.25) is 9.05 Å². The number of carbonyl (C=O) groups is 2. The fourth-order valence-electron chi connectivity index (χ4n) is 0.471. The molecule has 0 aromatic carbocycles. The van der Waals surface area contributed by atoms with Crippen LogP contribution in [0.15, 0.2) is 0 Å². The minimum absolute atomic E-state index is 0. The van der Waals surface area contributed by atoms with Crippen LogP contribution in [0, 0.1) is 0 Å². The summed E-state index contributed by atoms with van der Waals surface area (Å²) in [6.45, 7) is -1.99. The van der Waals surface area contributed by atoms with Gasteiger partial charge in [0.05, 0.1) is 25.2 Å². The summed E-state index contributed by atoms with van der Waals surface area (Å²) >= 11 is 0. The van der Waals surface area contributed by atoms with E-state index in [2.05, 4.69) is 9.05 Å². The Kier molecular flexibility index (Phi) is 24.4. The summed E-state index contributed by atoms with van der Waals surface area (Å²) in [5, 5.41) is 36.2. The molecule has 0 aromatic heterocycles. The van der Waals surface area contributed by atoms with E-state index in [0.717, 1.165) is 0 Å². The van der Waals surface area contributed by atoms with Crippen LogP contribution in [0.25, 0.3) is 0 Å². The number of aliphatic carboxylic acids is 2. The number of aliphatic hydroxyl groups excluding tert-OH is 2. The molecule has 0 aliphatic rings. The van der Waals surface area contributed by atoms with E-state index >= 15 is 0 Å². The van der Waals surface area contributed by atoms with E-state index < -0.39 is 53.0 Å². The Morgan fingerprint density at radius 3 is 1.12 bits per heavy atom. The monoisotopic (exact) mass is 544 g/mol. The number of phosphoric ester groups is 2. The third kappa shape index (κ3) is 29.6. The topological polar surface area (TPSA) is 317 Å². The van der Waals surface area contributed by atoms with E-state index in [1.807, 2.05) is 0 Å². The molecule has 10 N–H and O–H groups in total. The first kappa shape index (κ1) is 36.5. The molecule has 0 amide bonds. The Morgan fingerprint density at radius 2 is 1.00 bits per heavy atom. The standard InChI is InChI=1S/2C3H7O7P.Ba.2H2O/c2*4-2(3(5)6)1-10-11(7,8)9;;;/h2*2,4H,1H2,(H,5,6)(H2,7,8,9);;2*1H2/q;;+2;;/p-2/t2*2-;;;/m11.../s1. The van der Waals surface area contributed by atoms with Gasteiger partial charge in [0.25, 0.3) is 0 Å². The predicted octanol–water partition coefficient (Wildman–Crippen LogP) is -7.62. The van der Waals surface area contributed by atoms with Crippen molar-refractivity contribution in [2.45, 2.75) is 12.2 Å². The van der Waals surface area contributed by atoms with Crippen molar-refractivity contribution < 1.29 is 78.7 Å². The Morgan fingerprint density at radius 1 is 0.800 bits per heavy atom. The number of carboxylic acid groups (broad SMARTS) is 2. The van der Waals surface area contributed by atoms with E-state index in [1.54, 1.807) is 0 Å². The van der Waals surface area contributed by atoms with E-state index in [9.17, 15) is 28.9 Å². The molecule has 25 heavy (non-hydrogen) atoms. The molecule has 0 spiro atoms. The van der Waals surface area contributed by atoms with Crippen LogP contribution in [-0.4, -0.2) is 127 Å². The van der Waals surface area contributed by atoms with Crippen molar-refractivity contribution in [3.8, 4) is 0 Å². The first-order chi connectivity index (χ1) is 9.65. The summed E-state index contributed by atoms with van der Waals surface area (Å²) in [7, 11) is -9.42. The van der Waals surface area contributed by atoms with Crippen LogP contribution >= 0.6 is 15.6 Å². The smallest absolute Gasteiger partial charge is 0.547 e. The van der Waals surface area contributed by atoms with Crippen molar-refractivity contribution >= 4 is 76.5 Å².